The van der Waals surface area contributed by atoms with Crippen LogP contribution in [0, 0.1) is 0 Å². The molecule has 5 heteroatoms. The van der Waals surface area contributed by atoms with Gasteiger partial charge in [-0.05, 0) is 18.2 Å². The Morgan fingerprint density at radius 2 is 1.95 bits per heavy atom. The van der Waals surface area contributed by atoms with Gasteiger partial charge in [0.1, 0.15) is 11.5 Å². The summed E-state index contributed by atoms with van der Waals surface area (Å²) in [6.07, 6.45) is 2.27. The molecule has 0 fully saturated rings. The van der Waals surface area contributed by atoms with Gasteiger partial charge in [-0.25, -0.2) is 9.97 Å². The number of carbonyl (C=O) groups is 1. The van der Waals surface area contributed by atoms with Crippen molar-refractivity contribution in [2.45, 2.75) is 27.2 Å². The lowest BCUT2D eigenvalue weighted by atomic mass is 10.2. The molecule has 0 saturated heterocycles. The molecule has 0 atom stereocenters. The zero-order chi connectivity index (χ0) is 15.0. The second-order valence-corrected chi connectivity index (χ2v) is 3.75. The van der Waals surface area contributed by atoms with Crippen LogP contribution in [-0.2, 0) is 6.42 Å². The van der Waals surface area contributed by atoms with Crippen molar-refractivity contribution in [2.75, 3.05) is 11.1 Å². The quantitative estimate of drug-likeness (QED) is 0.842. The third kappa shape index (κ3) is 4.05. The van der Waals surface area contributed by atoms with Crippen molar-refractivity contribution in [3.63, 3.8) is 0 Å². The Balaban J connectivity index is 0.000000956. The highest BCUT2D eigenvalue weighted by atomic mass is 16.1. The zero-order valence-electron chi connectivity index (χ0n) is 12.1. The number of aromatic nitrogens is 2. The smallest absolute Gasteiger partial charge is 0.274 e. The molecule has 0 aliphatic rings. The molecule has 0 bridgehead atoms. The average molecular weight is 272 g/mol. The molecule has 106 valence electrons. The predicted octanol–water partition coefficient (Wildman–Crippen LogP) is 2.90. The minimum Gasteiger partial charge on any atom is -0.397 e. The summed E-state index contributed by atoms with van der Waals surface area (Å²) in [6.45, 7) is 5.94. The third-order valence-electron chi connectivity index (χ3n) is 2.46. The molecule has 0 saturated carbocycles. The molecular weight excluding hydrogens is 252 g/mol. The van der Waals surface area contributed by atoms with Crippen molar-refractivity contribution in [3.8, 4) is 0 Å². The van der Waals surface area contributed by atoms with Gasteiger partial charge >= 0.3 is 0 Å². The minimum absolute atomic E-state index is 0.287. The fraction of sp³-hybridized carbons (Fsp3) is 0.267. The Bertz CT molecular complexity index is 569. The van der Waals surface area contributed by atoms with Gasteiger partial charge in [-0.2, -0.15) is 0 Å². The first-order valence-electron chi connectivity index (χ1n) is 6.68. The van der Waals surface area contributed by atoms with Crippen LogP contribution in [0.3, 0.4) is 0 Å². The van der Waals surface area contributed by atoms with Crippen LogP contribution >= 0.6 is 0 Å². The molecule has 1 heterocycles. The van der Waals surface area contributed by atoms with E-state index in [1.165, 1.54) is 0 Å². The van der Waals surface area contributed by atoms with Gasteiger partial charge in [0.15, 0.2) is 0 Å². The van der Waals surface area contributed by atoms with Crippen molar-refractivity contribution in [1.29, 1.82) is 0 Å². The standard InChI is InChI=1S/C13H14N4O.C2H6/c1-2-12-15-8-7-11(16-12)13(18)17-10-6-4-3-5-9(10)14;1-2/h3-8H,2,14H2,1H3,(H,17,18);1-2H3. The number of nitrogens with zero attached hydrogens (tertiary/aromatic N) is 2. The SMILES string of the molecule is CC.CCc1nccc(C(=O)Nc2ccccc2N)n1. The summed E-state index contributed by atoms with van der Waals surface area (Å²) in [5.74, 6) is 0.355. The molecule has 2 aromatic rings. The highest BCUT2D eigenvalue weighted by Gasteiger charge is 2.09. The summed E-state index contributed by atoms with van der Waals surface area (Å²) >= 11 is 0. The Morgan fingerprint density at radius 1 is 1.25 bits per heavy atom. The summed E-state index contributed by atoms with van der Waals surface area (Å²) in [7, 11) is 0. The topological polar surface area (TPSA) is 80.9 Å². The lowest BCUT2D eigenvalue weighted by Gasteiger charge is -2.07. The lowest BCUT2D eigenvalue weighted by molar-refractivity contribution is 0.102. The molecule has 0 spiro atoms. The number of nitrogens with two attached hydrogens (primary N) is 1. The Morgan fingerprint density at radius 3 is 2.60 bits per heavy atom. The highest BCUT2D eigenvalue weighted by molar-refractivity contribution is 6.04. The molecule has 20 heavy (non-hydrogen) atoms. The maximum atomic E-state index is 12.0. The van der Waals surface area contributed by atoms with Gasteiger partial charge in [0.05, 0.1) is 11.4 Å². The van der Waals surface area contributed by atoms with Crippen LogP contribution in [-0.4, -0.2) is 15.9 Å². The molecular formula is C15H20N4O. The average Bonchev–Trinajstić information content (AvgIpc) is 2.51. The monoisotopic (exact) mass is 272 g/mol. The Kier molecular flexibility index (Phi) is 6.16. The van der Waals surface area contributed by atoms with Gasteiger partial charge in [-0.3, -0.25) is 4.79 Å². The van der Waals surface area contributed by atoms with Crippen LogP contribution in [0.25, 0.3) is 0 Å². The van der Waals surface area contributed by atoms with Crippen LogP contribution in [0.1, 0.15) is 37.1 Å². The van der Waals surface area contributed by atoms with Crippen LogP contribution in [0.5, 0.6) is 0 Å². The molecule has 5 nitrogen and oxygen atoms in total. The Labute approximate surface area is 119 Å². The van der Waals surface area contributed by atoms with E-state index in [2.05, 4.69) is 15.3 Å². The first kappa shape index (κ1) is 15.6. The maximum Gasteiger partial charge on any atom is 0.274 e. The minimum atomic E-state index is -0.287. The molecule has 2 rings (SSSR count). The Hall–Kier alpha value is -2.43. The number of nitrogens with one attached hydrogen (secondary N) is 1. The second kappa shape index (κ2) is 7.89. The summed E-state index contributed by atoms with van der Waals surface area (Å²) in [6, 6.07) is 8.67. The molecule has 1 aromatic heterocycles. The van der Waals surface area contributed by atoms with E-state index in [9.17, 15) is 4.79 Å². The van der Waals surface area contributed by atoms with Gasteiger partial charge in [0, 0.05) is 12.6 Å². The number of hydrogen-bond donors (Lipinski definition) is 2. The fourth-order valence-corrected chi connectivity index (χ4v) is 1.49. The van der Waals surface area contributed by atoms with Gasteiger partial charge in [-0.15, -0.1) is 0 Å². The van der Waals surface area contributed by atoms with E-state index in [0.717, 1.165) is 0 Å². The van der Waals surface area contributed by atoms with Gasteiger partial charge in [0.2, 0.25) is 0 Å². The van der Waals surface area contributed by atoms with Gasteiger partial charge in [0.25, 0.3) is 5.91 Å². The fourth-order valence-electron chi connectivity index (χ4n) is 1.49. The zero-order valence-corrected chi connectivity index (χ0v) is 12.1. The van der Waals surface area contributed by atoms with Gasteiger partial charge in [-0.1, -0.05) is 32.9 Å². The number of rotatable bonds is 3. The predicted molar refractivity (Wildman–Crippen MR) is 81.6 cm³/mol. The number of hydrogen-bond acceptors (Lipinski definition) is 4. The molecule has 1 amide bonds. The van der Waals surface area contributed by atoms with E-state index in [1.54, 1.807) is 24.4 Å². The largest absolute Gasteiger partial charge is 0.397 e. The number of para-hydroxylation sites is 2. The number of aryl methyl sites for hydroxylation is 1. The van der Waals surface area contributed by atoms with Crippen LogP contribution in [0.2, 0.25) is 0 Å². The van der Waals surface area contributed by atoms with Crippen LogP contribution in [0.15, 0.2) is 36.5 Å². The number of carbonyl (C=O) groups excluding carboxylic acids is 1. The first-order chi connectivity index (χ1) is 9.70. The summed E-state index contributed by atoms with van der Waals surface area (Å²) in [5.41, 5.74) is 7.20. The van der Waals surface area contributed by atoms with Crippen molar-refractivity contribution in [2.24, 2.45) is 0 Å². The normalized spacial score (nSPS) is 9.35. The highest BCUT2D eigenvalue weighted by Crippen LogP contribution is 2.17. The van der Waals surface area contributed by atoms with E-state index < -0.39 is 0 Å². The van der Waals surface area contributed by atoms with Crippen molar-refractivity contribution < 1.29 is 4.79 Å². The maximum absolute atomic E-state index is 12.0. The molecule has 0 aliphatic heterocycles. The molecule has 3 N–H and O–H groups in total. The van der Waals surface area contributed by atoms with Crippen molar-refractivity contribution in [1.82, 2.24) is 9.97 Å². The van der Waals surface area contributed by atoms with E-state index in [-0.39, 0.29) is 5.91 Å². The van der Waals surface area contributed by atoms with Crippen molar-refractivity contribution >= 4 is 17.3 Å². The molecule has 0 unspecified atom stereocenters. The van der Waals surface area contributed by atoms with E-state index in [4.69, 9.17) is 5.73 Å². The number of benzene rings is 1. The van der Waals surface area contributed by atoms with Gasteiger partial charge < -0.3 is 11.1 Å². The second-order valence-electron chi connectivity index (χ2n) is 3.75. The van der Waals surface area contributed by atoms with Crippen LogP contribution in [0.4, 0.5) is 11.4 Å². The molecule has 0 aliphatic carbocycles. The van der Waals surface area contributed by atoms with Crippen molar-refractivity contribution in [3.05, 3.63) is 48.0 Å². The van der Waals surface area contributed by atoms with E-state index in [0.29, 0.717) is 29.3 Å². The summed E-state index contributed by atoms with van der Waals surface area (Å²) < 4.78 is 0. The summed E-state index contributed by atoms with van der Waals surface area (Å²) in [4.78, 5) is 20.2. The lowest BCUT2D eigenvalue weighted by Crippen LogP contribution is -2.15. The summed E-state index contributed by atoms with van der Waals surface area (Å²) in [5, 5.41) is 2.72. The third-order valence-corrected chi connectivity index (χ3v) is 2.46. The molecule has 0 radical (unpaired) electrons. The first-order valence-corrected chi connectivity index (χ1v) is 6.68. The molecule has 1 aromatic carbocycles. The van der Waals surface area contributed by atoms with E-state index in [1.807, 2.05) is 32.9 Å². The number of anilines is 2. The van der Waals surface area contributed by atoms with Crippen LogP contribution < -0.4 is 11.1 Å². The van der Waals surface area contributed by atoms with E-state index >= 15 is 0 Å². The number of nitrogen functional groups attached to an aromatic ring is 1. The number of amides is 1.